The van der Waals surface area contributed by atoms with Gasteiger partial charge < -0.3 is 25.7 Å². The molecule has 11 heteroatoms. The van der Waals surface area contributed by atoms with Crippen molar-refractivity contribution in [2.75, 3.05) is 16.4 Å². The molecule has 0 fully saturated rings. The van der Waals surface area contributed by atoms with E-state index in [1.165, 1.54) is 60.7 Å². The van der Waals surface area contributed by atoms with Gasteiger partial charge in [0.15, 0.2) is 0 Å². The van der Waals surface area contributed by atoms with Crippen LogP contribution in [-0.4, -0.2) is 25.5 Å². The number of aromatic carboxylic acids is 1. The summed E-state index contributed by atoms with van der Waals surface area (Å²) in [5, 5.41) is 14.4. The number of nitrogens with one attached hydrogen (secondary N) is 2. The average molecular weight is 462 g/mol. The molecule has 0 saturated carbocycles. The Labute approximate surface area is 182 Å². The highest BCUT2D eigenvalue weighted by atomic mass is 35.5. The zero-order chi connectivity index (χ0) is 22.6. The van der Waals surface area contributed by atoms with Crippen molar-refractivity contribution < 1.29 is 27.3 Å². The molecule has 0 heterocycles. The lowest BCUT2D eigenvalue weighted by atomic mass is 10.2. The summed E-state index contributed by atoms with van der Waals surface area (Å²) in [6.07, 6.45) is 0. The molecular formula is C20H16ClN3O6S. The van der Waals surface area contributed by atoms with Gasteiger partial charge in [-0.2, -0.15) is 8.42 Å². The first kappa shape index (κ1) is 21.9. The van der Waals surface area contributed by atoms with Crippen LogP contribution in [0, 0.1) is 0 Å². The molecule has 0 radical (unpaired) electrons. The Kier molecular flexibility index (Phi) is 6.33. The molecule has 2 amide bonds. The predicted molar refractivity (Wildman–Crippen MR) is 116 cm³/mol. The zero-order valence-corrected chi connectivity index (χ0v) is 17.3. The Bertz CT molecular complexity index is 1250. The second kappa shape index (κ2) is 8.94. The van der Waals surface area contributed by atoms with Gasteiger partial charge in [-0.3, -0.25) is 0 Å². The number of amides is 2. The van der Waals surface area contributed by atoms with Gasteiger partial charge in [0.05, 0.1) is 16.9 Å². The van der Waals surface area contributed by atoms with E-state index in [0.29, 0.717) is 10.7 Å². The van der Waals surface area contributed by atoms with Crippen molar-refractivity contribution in [1.82, 2.24) is 0 Å². The molecule has 3 aromatic carbocycles. The molecule has 0 spiro atoms. The van der Waals surface area contributed by atoms with E-state index in [4.69, 9.17) is 26.6 Å². The summed E-state index contributed by atoms with van der Waals surface area (Å²) in [5.74, 6) is -1.20. The quantitative estimate of drug-likeness (QED) is 0.320. The van der Waals surface area contributed by atoms with Crippen molar-refractivity contribution in [2.24, 2.45) is 0 Å². The van der Waals surface area contributed by atoms with Crippen molar-refractivity contribution in [3.8, 4) is 5.75 Å². The standard InChI is InChI=1S/C20H16ClN3O6S/c21-13-6-9-18(17(22)10-13)24-20(27)23-14-2-1-3-16(11-14)31(28,29)30-15-7-4-12(5-8-15)19(25)26/h1-11H,22H2,(H,25,26)(H2,23,24,27). The first-order valence-electron chi connectivity index (χ1n) is 8.65. The zero-order valence-electron chi connectivity index (χ0n) is 15.7. The Morgan fingerprint density at radius 3 is 2.32 bits per heavy atom. The van der Waals surface area contributed by atoms with Gasteiger partial charge in [0, 0.05) is 10.7 Å². The number of carbonyl (C=O) groups excluding carboxylic acids is 1. The van der Waals surface area contributed by atoms with E-state index in [1.807, 2.05) is 0 Å². The van der Waals surface area contributed by atoms with Gasteiger partial charge in [0.2, 0.25) is 0 Å². The van der Waals surface area contributed by atoms with E-state index < -0.39 is 22.1 Å². The Hall–Kier alpha value is -3.76. The minimum absolute atomic E-state index is 0.0109. The summed E-state index contributed by atoms with van der Waals surface area (Å²) in [5.41, 5.74) is 6.57. The monoisotopic (exact) mass is 461 g/mol. The molecule has 9 nitrogen and oxygen atoms in total. The Morgan fingerprint density at radius 1 is 0.968 bits per heavy atom. The number of nitrogen functional groups attached to an aromatic ring is 1. The van der Waals surface area contributed by atoms with Crippen LogP contribution in [0.2, 0.25) is 5.02 Å². The third-order valence-corrected chi connectivity index (χ3v) is 5.43. The molecule has 0 saturated heterocycles. The molecule has 0 aliphatic rings. The number of anilines is 3. The van der Waals surface area contributed by atoms with Crippen LogP contribution < -0.4 is 20.6 Å². The summed E-state index contributed by atoms with van der Waals surface area (Å²) in [6, 6.07) is 14.2. The van der Waals surface area contributed by atoms with E-state index in [1.54, 1.807) is 6.07 Å². The largest absolute Gasteiger partial charge is 0.478 e. The third kappa shape index (κ3) is 5.65. The van der Waals surface area contributed by atoms with Crippen LogP contribution in [0.1, 0.15) is 10.4 Å². The van der Waals surface area contributed by atoms with Crippen LogP contribution in [0.4, 0.5) is 21.9 Å². The minimum atomic E-state index is -4.23. The van der Waals surface area contributed by atoms with Crippen LogP contribution >= 0.6 is 11.6 Å². The summed E-state index contributed by atoms with van der Waals surface area (Å²) in [4.78, 5) is 22.9. The average Bonchev–Trinajstić information content (AvgIpc) is 2.70. The number of rotatable bonds is 6. The lowest BCUT2D eigenvalue weighted by molar-refractivity contribution is 0.0697. The number of benzene rings is 3. The number of carboxylic acids is 1. The van der Waals surface area contributed by atoms with Gasteiger partial charge in [-0.1, -0.05) is 17.7 Å². The summed E-state index contributed by atoms with van der Waals surface area (Å²) >= 11 is 5.82. The fourth-order valence-corrected chi connectivity index (χ4v) is 3.65. The van der Waals surface area contributed by atoms with Crippen molar-refractivity contribution in [3.05, 3.63) is 77.3 Å². The molecule has 0 aliphatic carbocycles. The molecule has 0 aliphatic heterocycles. The van der Waals surface area contributed by atoms with Crippen LogP contribution in [-0.2, 0) is 10.1 Å². The highest BCUT2D eigenvalue weighted by molar-refractivity contribution is 7.87. The summed E-state index contributed by atoms with van der Waals surface area (Å²) in [6.45, 7) is 0. The number of carboxylic acid groups (broad SMARTS) is 1. The van der Waals surface area contributed by atoms with E-state index in [0.717, 1.165) is 0 Å². The maximum absolute atomic E-state index is 12.5. The molecule has 3 rings (SSSR count). The number of carbonyl (C=O) groups is 2. The lowest BCUT2D eigenvalue weighted by Gasteiger charge is -2.11. The molecule has 0 aromatic heterocycles. The van der Waals surface area contributed by atoms with Crippen LogP contribution in [0.5, 0.6) is 5.75 Å². The number of hydrogen-bond donors (Lipinski definition) is 4. The highest BCUT2D eigenvalue weighted by Gasteiger charge is 2.18. The van der Waals surface area contributed by atoms with Gasteiger partial charge in [0.25, 0.3) is 0 Å². The van der Waals surface area contributed by atoms with Crippen molar-refractivity contribution in [3.63, 3.8) is 0 Å². The first-order valence-corrected chi connectivity index (χ1v) is 10.4. The molecule has 5 N–H and O–H groups in total. The SMILES string of the molecule is Nc1cc(Cl)ccc1NC(=O)Nc1cccc(S(=O)(=O)Oc2ccc(C(=O)O)cc2)c1. The van der Waals surface area contributed by atoms with Crippen molar-refractivity contribution in [1.29, 1.82) is 0 Å². The molecule has 3 aromatic rings. The fourth-order valence-electron chi connectivity index (χ4n) is 2.49. The van der Waals surface area contributed by atoms with E-state index in [9.17, 15) is 18.0 Å². The summed E-state index contributed by atoms with van der Waals surface area (Å²) in [7, 11) is -4.23. The van der Waals surface area contributed by atoms with Gasteiger partial charge in [-0.25, -0.2) is 9.59 Å². The Morgan fingerprint density at radius 2 is 1.68 bits per heavy atom. The summed E-state index contributed by atoms with van der Waals surface area (Å²) < 4.78 is 30.1. The number of nitrogens with two attached hydrogens (primary N) is 1. The fraction of sp³-hybridized carbons (Fsp3) is 0. The smallest absolute Gasteiger partial charge is 0.339 e. The van der Waals surface area contributed by atoms with Crippen LogP contribution in [0.3, 0.4) is 0 Å². The molecular weight excluding hydrogens is 446 g/mol. The number of urea groups is 1. The third-order valence-electron chi connectivity index (χ3n) is 3.95. The van der Waals surface area contributed by atoms with Gasteiger partial charge in [-0.15, -0.1) is 0 Å². The van der Waals surface area contributed by atoms with Crippen LogP contribution in [0.15, 0.2) is 71.6 Å². The molecule has 0 atom stereocenters. The maximum atomic E-state index is 12.5. The second-order valence-corrected chi connectivity index (χ2v) is 8.19. The molecule has 31 heavy (non-hydrogen) atoms. The molecule has 160 valence electrons. The van der Waals surface area contributed by atoms with Crippen molar-refractivity contribution in [2.45, 2.75) is 4.90 Å². The maximum Gasteiger partial charge on any atom is 0.339 e. The van der Waals surface area contributed by atoms with E-state index in [-0.39, 0.29) is 27.6 Å². The van der Waals surface area contributed by atoms with Gasteiger partial charge >= 0.3 is 22.1 Å². The van der Waals surface area contributed by atoms with Crippen LogP contribution in [0.25, 0.3) is 0 Å². The molecule has 0 bridgehead atoms. The number of hydrogen-bond acceptors (Lipinski definition) is 6. The van der Waals surface area contributed by atoms with Gasteiger partial charge in [-0.05, 0) is 60.7 Å². The lowest BCUT2D eigenvalue weighted by Crippen LogP contribution is -2.20. The van der Waals surface area contributed by atoms with Gasteiger partial charge in [0.1, 0.15) is 10.6 Å². The normalized spacial score (nSPS) is 10.9. The van der Waals surface area contributed by atoms with E-state index in [2.05, 4.69) is 10.6 Å². The van der Waals surface area contributed by atoms with E-state index >= 15 is 0 Å². The topological polar surface area (TPSA) is 148 Å². The minimum Gasteiger partial charge on any atom is -0.478 e. The number of halogens is 1. The Balaban J connectivity index is 1.72. The molecule has 0 unspecified atom stereocenters. The highest BCUT2D eigenvalue weighted by Crippen LogP contribution is 2.24. The second-order valence-electron chi connectivity index (χ2n) is 6.21. The first-order chi connectivity index (χ1) is 14.6. The predicted octanol–water partition coefficient (Wildman–Crippen LogP) is 4.03. The van der Waals surface area contributed by atoms with Crippen molar-refractivity contribution >= 4 is 50.8 Å².